The van der Waals surface area contributed by atoms with Crippen molar-refractivity contribution in [2.24, 2.45) is 0 Å². The predicted molar refractivity (Wildman–Crippen MR) is 133 cm³/mol. The van der Waals surface area contributed by atoms with Crippen molar-refractivity contribution >= 4 is 56.6 Å². The zero-order chi connectivity index (χ0) is 24.2. The van der Waals surface area contributed by atoms with E-state index in [1.807, 2.05) is 6.07 Å². The summed E-state index contributed by atoms with van der Waals surface area (Å²) in [7, 11) is 0. The number of benzene rings is 2. The highest BCUT2D eigenvalue weighted by molar-refractivity contribution is 9.10. The monoisotopic (exact) mass is 561 g/mol. The minimum absolute atomic E-state index is 0.0147. The molecule has 1 N–H and O–H groups in total. The van der Waals surface area contributed by atoms with E-state index < -0.39 is 5.91 Å². The van der Waals surface area contributed by atoms with Gasteiger partial charge in [-0.1, -0.05) is 29.3 Å². The minimum atomic E-state index is -0.447. The Bertz CT molecular complexity index is 1350. The number of hydrogen-bond donors (Lipinski definition) is 1. The van der Waals surface area contributed by atoms with Crippen molar-refractivity contribution in [3.05, 3.63) is 98.0 Å². The molecule has 0 saturated heterocycles. The molecule has 0 unspecified atom stereocenters. The van der Waals surface area contributed by atoms with Crippen molar-refractivity contribution in [1.82, 2.24) is 9.78 Å². The first-order valence-electron chi connectivity index (χ1n) is 10.1. The van der Waals surface area contributed by atoms with Crippen LogP contribution in [-0.2, 0) is 13.2 Å². The van der Waals surface area contributed by atoms with Gasteiger partial charge in [0, 0.05) is 11.8 Å². The molecule has 0 spiro atoms. The number of rotatable bonds is 8. The average molecular weight is 563 g/mol. The number of anilines is 1. The molecule has 7 nitrogen and oxygen atoms in total. The maximum Gasteiger partial charge on any atom is 0.292 e. The number of ketones is 1. The number of carbonyl (C=O) groups is 2. The third-order valence-electron chi connectivity index (χ3n) is 4.80. The van der Waals surface area contributed by atoms with E-state index in [4.69, 9.17) is 32.4 Å². The van der Waals surface area contributed by atoms with Crippen LogP contribution in [0.4, 0.5) is 5.82 Å². The second-order valence-corrected chi connectivity index (χ2v) is 9.03. The van der Waals surface area contributed by atoms with Gasteiger partial charge in [-0.05, 0) is 76.9 Å². The van der Waals surface area contributed by atoms with Gasteiger partial charge >= 0.3 is 0 Å². The minimum Gasteiger partial charge on any atom is -0.486 e. The van der Waals surface area contributed by atoms with Crippen LogP contribution < -0.4 is 10.1 Å². The Morgan fingerprint density at radius 1 is 1.09 bits per heavy atom. The summed E-state index contributed by atoms with van der Waals surface area (Å²) in [5.74, 6) is 1.08. The largest absolute Gasteiger partial charge is 0.486 e. The van der Waals surface area contributed by atoms with Crippen molar-refractivity contribution in [2.45, 2.75) is 20.1 Å². The van der Waals surface area contributed by atoms with Gasteiger partial charge in [0.2, 0.25) is 0 Å². The summed E-state index contributed by atoms with van der Waals surface area (Å²) in [6.07, 6.45) is 1.75. The molecule has 0 radical (unpaired) electrons. The number of hydrogen-bond acceptors (Lipinski definition) is 5. The lowest BCUT2D eigenvalue weighted by atomic mass is 10.1. The zero-order valence-corrected chi connectivity index (χ0v) is 20.9. The van der Waals surface area contributed by atoms with Crippen LogP contribution in [0.15, 0.2) is 69.7 Å². The fraction of sp³-hybridized carbons (Fsp3) is 0.125. The Labute approximate surface area is 213 Å². The maximum atomic E-state index is 12.6. The standard InChI is InChI=1S/C24H18BrCl2N3O4/c1-14(31)16-3-5-17(6-4-16)33-13-18-7-9-22(34-18)24(32)28-23-19(25)12-30(29-23)11-15-2-8-20(26)21(27)10-15/h2-10,12H,11,13H2,1H3,(H,28,29,32). The van der Waals surface area contributed by atoms with Crippen LogP contribution in [0.25, 0.3) is 0 Å². The fourth-order valence-electron chi connectivity index (χ4n) is 3.07. The number of nitrogens with zero attached hydrogens (tertiary/aromatic N) is 2. The van der Waals surface area contributed by atoms with Crippen molar-refractivity contribution < 1.29 is 18.7 Å². The Morgan fingerprint density at radius 2 is 1.85 bits per heavy atom. The summed E-state index contributed by atoms with van der Waals surface area (Å²) in [5.41, 5.74) is 1.52. The van der Waals surface area contributed by atoms with Gasteiger partial charge in [0.1, 0.15) is 18.1 Å². The van der Waals surface area contributed by atoms with Crippen LogP contribution in [0, 0.1) is 0 Å². The molecule has 0 fully saturated rings. The topological polar surface area (TPSA) is 86.4 Å². The highest BCUT2D eigenvalue weighted by Crippen LogP contribution is 2.25. The first-order valence-corrected chi connectivity index (χ1v) is 11.6. The molecule has 4 aromatic rings. The van der Waals surface area contributed by atoms with Crippen LogP contribution >= 0.6 is 39.1 Å². The van der Waals surface area contributed by atoms with Crippen LogP contribution in [0.2, 0.25) is 10.0 Å². The van der Waals surface area contributed by atoms with Gasteiger partial charge in [-0.3, -0.25) is 14.3 Å². The summed E-state index contributed by atoms with van der Waals surface area (Å²) in [4.78, 5) is 24.0. The summed E-state index contributed by atoms with van der Waals surface area (Å²) in [6.45, 7) is 2.08. The van der Waals surface area contributed by atoms with E-state index in [0.717, 1.165) is 5.56 Å². The summed E-state index contributed by atoms with van der Waals surface area (Å²) in [6, 6.07) is 15.4. The van der Waals surface area contributed by atoms with Crippen LogP contribution in [0.1, 0.15) is 39.2 Å². The smallest absolute Gasteiger partial charge is 0.292 e. The second-order valence-electron chi connectivity index (χ2n) is 7.36. The Hall–Kier alpha value is -3.07. The third kappa shape index (κ3) is 5.88. The summed E-state index contributed by atoms with van der Waals surface area (Å²) in [5, 5.41) is 8.07. The zero-order valence-electron chi connectivity index (χ0n) is 17.8. The summed E-state index contributed by atoms with van der Waals surface area (Å²) < 4.78 is 13.5. The molecule has 4 rings (SSSR count). The predicted octanol–water partition coefficient (Wildman–Crippen LogP) is 6.63. The molecule has 2 aromatic carbocycles. The van der Waals surface area contributed by atoms with E-state index in [1.165, 1.54) is 6.92 Å². The van der Waals surface area contributed by atoms with E-state index >= 15 is 0 Å². The first-order chi connectivity index (χ1) is 16.3. The number of carbonyl (C=O) groups excluding carboxylic acids is 2. The van der Waals surface area contributed by atoms with Crippen LogP contribution in [0.5, 0.6) is 5.75 Å². The van der Waals surface area contributed by atoms with Gasteiger partial charge in [0.25, 0.3) is 5.91 Å². The molecule has 0 aliphatic carbocycles. The molecule has 0 saturated carbocycles. The van der Waals surface area contributed by atoms with Gasteiger partial charge in [-0.15, -0.1) is 0 Å². The number of aromatic nitrogens is 2. The third-order valence-corrected chi connectivity index (χ3v) is 6.12. The maximum absolute atomic E-state index is 12.6. The van der Waals surface area contributed by atoms with E-state index in [-0.39, 0.29) is 18.2 Å². The normalized spacial score (nSPS) is 10.8. The van der Waals surface area contributed by atoms with Crippen LogP contribution in [-0.4, -0.2) is 21.5 Å². The van der Waals surface area contributed by atoms with Crippen molar-refractivity contribution in [3.8, 4) is 5.75 Å². The van der Waals surface area contributed by atoms with E-state index in [1.54, 1.807) is 59.4 Å². The molecule has 10 heteroatoms. The number of furan rings is 1. The van der Waals surface area contributed by atoms with Gasteiger partial charge in [-0.2, -0.15) is 5.10 Å². The van der Waals surface area contributed by atoms with Crippen molar-refractivity contribution in [1.29, 1.82) is 0 Å². The molecule has 0 aliphatic rings. The lowest BCUT2D eigenvalue weighted by molar-refractivity contribution is 0.0990. The quantitative estimate of drug-likeness (QED) is 0.244. The highest BCUT2D eigenvalue weighted by atomic mass is 79.9. The molecule has 0 aliphatic heterocycles. The molecule has 174 valence electrons. The number of amides is 1. The van der Waals surface area contributed by atoms with Gasteiger partial charge in [-0.25, -0.2) is 0 Å². The first kappa shape index (κ1) is 24.1. The fourth-order valence-corrected chi connectivity index (χ4v) is 3.81. The van der Waals surface area contributed by atoms with E-state index in [2.05, 4.69) is 26.3 Å². The molecule has 0 bridgehead atoms. The molecular formula is C24H18BrCl2N3O4. The number of ether oxygens (including phenoxy) is 1. The average Bonchev–Trinajstić information content (AvgIpc) is 3.42. The highest BCUT2D eigenvalue weighted by Gasteiger charge is 2.16. The summed E-state index contributed by atoms with van der Waals surface area (Å²) >= 11 is 15.4. The lowest BCUT2D eigenvalue weighted by Crippen LogP contribution is -2.12. The van der Waals surface area contributed by atoms with Gasteiger partial charge < -0.3 is 14.5 Å². The molecule has 1 amide bonds. The number of Topliss-reactive ketones (excluding diaryl/α,β-unsaturated/α-hetero) is 1. The SMILES string of the molecule is CC(=O)c1ccc(OCc2ccc(C(=O)Nc3nn(Cc4ccc(Cl)c(Cl)c4)cc3Br)o2)cc1. The Kier molecular flexibility index (Phi) is 7.41. The van der Waals surface area contributed by atoms with Gasteiger partial charge in [0.15, 0.2) is 17.4 Å². The molecule has 2 aromatic heterocycles. The van der Waals surface area contributed by atoms with Gasteiger partial charge in [0.05, 0.1) is 21.1 Å². The Morgan fingerprint density at radius 3 is 2.56 bits per heavy atom. The molecule has 34 heavy (non-hydrogen) atoms. The van der Waals surface area contributed by atoms with E-state index in [9.17, 15) is 9.59 Å². The van der Waals surface area contributed by atoms with Crippen molar-refractivity contribution in [3.63, 3.8) is 0 Å². The number of nitrogens with one attached hydrogen (secondary N) is 1. The van der Waals surface area contributed by atoms with E-state index in [0.29, 0.717) is 44.0 Å². The lowest BCUT2D eigenvalue weighted by Gasteiger charge is -2.05. The molecule has 0 atom stereocenters. The molecular weight excluding hydrogens is 545 g/mol. The number of halogens is 3. The van der Waals surface area contributed by atoms with Crippen LogP contribution in [0.3, 0.4) is 0 Å². The van der Waals surface area contributed by atoms with Crippen molar-refractivity contribution in [2.75, 3.05) is 5.32 Å². The second kappa shape index (κ2) is 10.5. The molecule has 2 heterocycles. The Balaban J connectivity index is 1.36.